The Kier molecular flexibility index (Phi) is 3.64. The highest BCUT2D eigenvalue weighted by molar-refractivity contribution is 5.47. The number of benzene rings is 2. The van der Waals surface area contributed by atoms with Gasteiger partial charge in [-0.2, -0.15) is 0 Å². The number of hydrogen-bond donors (Lipinski definition) is 0. The highest BCUT2D eigenvalue weighted by Gasteiger charge is 1.98. The summed E-state index contributed by atoms with van der Waals surface area (Å²) in [6, 6.07) is 12.1. The van der Waals surface area contributed by atoms with Crippen LogP contribution in [0.15, 0.2) is 42.5 Å². The molecule has 0 spiro atoms. The maximum atomic E-state index is 13.4. The molecule has 0 N–H and O–H groups in total. The van der Waals surface area contributed by atoms with E-state index in [1.165, 1.54) is 6.07 Å². The number of rotatable bonds is 1. The SMILES string of the molecule is COc1ccc(C#Cc2ccccc2F)cc1C. The fraction of sp³-hybridized carbons (Fsp3) is 0.125. The summed E-state index contributed by atoms with van der Waals surface area (Å²) in [4.78, 5) is 0. The predicted octanol–water partition coefficient (Wildman–Crippen LogP) is 3.54. The van der Waals surface area contributed by atoms with Gasteiger partial charge < -0.3 is 4.74 Å². The zero-order chi connectivity index (χ0) is 13.0. The lowest BCUT2D eigenvalue weighted by Crippen LogP contribution is -1.87. The molecule has 0 heterocycles. The van der Waals surface area contributed by atoms with Crippen molar-refractivity contribution in [2.24, 2.45) is 0 Å². The normalized spacial score (nSPS) is 9.50. The Morgan fingerprint density at radius 3 is 2.50 bits per heavy atom. The molecule has 0 radical (unpaired) electrons. The summed E-state index contributed by atoms with van der Waals surface area (Å²) in [6.07, 6.45) is 0. The Balaban J connectivity index is 2.31. The second-order valence-corrected chi connectivity index (χ2v) is 3.91. The minimum absolute atomic E-state index is 0.296. The molecule has 0 aromatic heterocycles. The number of ether oxygens (including phenoxy) is 1. The molecule has 2 heteroatoms. The van der Waals surface area contributed by atoms with E-state index in [0.717, 1.165) is 16.9 Å². The van der Waals surface area contributed by atoms with Gasteiger partial charge in [-0.05, 0) is 42.8 Å². The van der Waals surface area contributed by atoms with Crippen molar-refractivity contribution in [3.63, 3.8) is 0 Å². The Morgan fingerprint density at radius 1 is 1.06 bits per heavy atom. The van der Waals surface area contributed by atoms with E-state index < -0.39 is 0 Å². The van der Waals surface area contributed by atoms with Crippen molar-refractivity contribution in [2.75, 3.05) is 7.11 Å². The molecule has 18 heavy (non-hydrogen) atoms. The Labute approximate surface area is 106 Å². The summed E-state index contributed by atoms with van der Waals surface area (Å²) < 4.78 is 18.5. The van der Waals surface area contributed by atoms with Crippen LogP contribution in [0.5, 0.6) is 5.75 Å². The van der Waals surface area contributed by atoms with E-state index in [9.17, 15) is 4.39 Å². The van der Waals surface area contributed by atoms with Crippen LogP contribution < -0.4 is 4.74 Å². The molecule has 0 atom stereocenters. The van der Waals surface area contributed by atoms with Crippen molar-refractivity contribution in [3.05, 3.63) is 65.0 Å². The minimum Gasteiger partial charge on any atom is -0.496 e. The third-order valence-electron chi connectivity index (χ3n) is 2.61. The summed E-state index contributed by atoms with van der Waals surface area (Å²) in [7, 11) is 1.63. The van der Waals surface area contributed by atoms with Gasteiger partial charge in [0.15, 0.2) is 0 Å². The van der Waals surface area contributed by atoms with Crippen molar-refractivity contribution in [2.45, 2.75) is 6.92 Å². The van der Waals surface area contributed by atoms with E-state index in [-0.39, 0.29) is 5.82 Å². The summed E-state index contributed by atoms with van der Waals surface area (Å²) in [5, 5.41) is 0. The van der Waals surface area contributed by atoms with Crippen molar-refractivity contribution in [1.29, 1.82) is 0 Å². The fourth-order valence-electron chi connectivity index (χ4n) is 1.66. The molecule has 0 amide bonds. The average molecular weight is 240 g/mol. The molecule has 90 valence electrons. The van der Waals surface area contributed by atoms with Gasteiger partial charge in [0.05, 0.1) is 12.7 Å². The Hall–Kier alpha value is -2.27. The van der Waals surface area contributed by atoms with Crippen LogP contribution in [-0.4, -0.2) is 7.11 Å². The molecule has 0 bridgehead atoms. The third-order valence-corrected chi connectivity index (χ3v) is 2.61. The molecular weight excluding hydrogens is 227 g/mol. The first-order valence-corrected chi connectivity index (χ1v) is 5.62. The molecule has 0 aliphatic rings. The van der Waals surface area contributed by atoms with E-state index >= 15 is 0 Å². The molecule has 0 aliphatic heterocycles. The molecule has 2 rings (SSSR count). The first-order valence-electron chi connectivity index (χ1n) is 5.62. The molecule has 1 nitrogen and oxygen atoms in total. The van der Waals surface area contributed by atoms with Gasteiger partial charge in [0.1, 0.15) is 11.6 Å². The van der Waals surface area contributed by atoms with Crippen LogP contribution in [0.4, 0.5) is 4.39 Å². The molecule has 2 aromatic rings. The zero-order valence-corrected chi connectivity index (χ0v) is 10.3. The maximum Gasteiger partial charge on any atom is 0.138 e. The highest BCUT2D eigenvalue weighted by atomic mass is 19.1. The molecule has 0 saturated carbocycles. The number of hydrogen-bond acceptors (Lipinski definition) is 1. The number of methoxy groups -OCH3 is 1. The van der Waals surface area contributed by atoms with Gasteiger partial charge in [0, 0.05) is 5.56 Å². The van der Waals surface area contributed by atoms with Gasteiger partial charge in [-0.15, -0.1) is 0 Å². The molecule has 0 unspecified atom stereocenters. The fourth-order valence-corrected chi connectivity index (χ4v) is 1.66. The van der Waals surface area contributed by atoms with Crippen LogP contribution in [-0.2, 0) is 0 Å². The minimum atomic E-state index is -0.296. The summed E-state index contributed by atoms with van der Waals surface area (Å²) in [6.45, 7) is 1.95. The first kappa shape index (κ1) is 12.2. The summed E-state index contributed by atoms with van der Waals surface area (Å²) in [5.74, 6) is 6.31. The zero-order valence-electron chi connectivity index (χ0n) is 10.3. The van der Waals surface area contributed by atoms with Crippen molar-refractivity contribution in [1.82, 2.24) is 0 Å². The van der Waals surface area contributed by atoms with Crippen molar-refractivity contribution < 1.29 is 9.13 Å². The summed E-state index contributed by atoms with van der Waals surface area (Å²) >= 11 is 0. The van der Waals surface area contributed by atoms with E-state index in [1.807, 2.05) is 25.1 Å². The lowest BCUT2D eigenvalue weighted by atomic mass is 10.1. The highest BCUT2D eigenvalue weighted by Crippen LogP contribution is 2.17. The molecule has 2 aromatic carbocycles. The van der Waals surface area contributed by atoms with Crippen molar-refractivity contribution >= 4 is 0 Å². The third kappa shape index (κ3) is 2.70. The number of halogens is 1. The van der Waals surface area contributed by atoms with Gasteiger partial charge in [-0.1, -0.05) is 24.0 Å². The second kappa shape index (κ2) is 5.37. The quantitative estimate of drug-likeness (QED) is 0.693. The molecule has 0 saturated heterocycles. The van der Waals surface area contributed by atoms with Gasteiger partial charge >= 0.3 is 0 Å². The maximum absolute atomic E-state index is 13.4. The molecular formula is C16H13FO. The Morgan fingerprint density at radius 2 is 1.83 bits per heavy atom. The van der Waals surface area contributed by atoms with Crippen molar-refractivity contribution in [3.8, 4) is 17.6 Å². The standard InChI is InChI=1S/C16H13FO/c1-12-11-13(8-10-16(12)18-2)7-9-14-5-3-4-6-15(14)17/h3-6,8,10-11H,1-2H3. The van der Waals surface area contributed by atoms with E-state index in [2.05, 4.69) is 11.8 Å². The first-order chi connectivity index (χ1) is 8.70. The van der Waals surface area contributed by atoms with Gasteiger partial charge in [0.25, 0.3) is 0 Å². The predicted molar refractivity (Wildman–Crippen MR) is 70.1 cm³/mol. The largest absolute Gasteiger partial charge is 0.496 e. The van der Waals surface area contributed by atoms with Crippen LogP contribution in [0.25, 0.3) is 0 Å². The second-order valence-electron chi connectivity index (χ2n) is 3.91. The summed E-state index contributed by atoms with van der Waals surface area (Å²) in [5.41, 5.74) is 2.26. The van der Waals surface area contributed by atoms with Gasteiger partial charge in [0.2, 0.25) is 0 Å². The average Bonchev–Trinajstić information content (AvgIpc) is 2.38. The van der Waals surface area contributed by atoms with Crippen LogP contribution >= 0.6 is 0 Å². The van der Waals surface area contributed by atoms with Gasteiger partial charge in [-0.25, -0.2) is 4.39 Å². The van der Waals surface area contributed by atoms with Crippen LogP contribution in [0.2, 0.25) is 0 Å². The Bertz CT molecular complexity index is 620. The van der Waals surface area contributed by atoms with E-state index in [1.54, 1.807) is 25.3 Å². The van der Waals surface area contributed by atoms with Gasteiger partial charge in [-0.3, -0.25) is 0 Å². The van der Waals surface area contributed by atoms with E-state index in [4.69, 9.17) is 4.74 Å². The molecule has 0 fully saturated rings. The van der Waals surface area contributed by atoms with Crippen LogP contribution in [0.1, 0.15) is 16.7 Å². The topological polar surface area (TPSA) is 9.23 Å². The monoisotopic (exact) mass is 240 g/mol. The molecule has 0 aliphatic carbocycles. The lowest BCUT2D eigenvalue weighted by Gasteiger charge is -2.03. The smallest absolute Gasteiger partial charge is 0.138 e. The van der Waals surface area contributed by atoms with Crippen LogP contribution in [0.3, 0.4) is 0 Å². The lowest BCUT2D eigenvalue weighted by molar-refractivity contribution is 0.411. The number of aryl methyl sites for hydroxylation is 1. The van der Waals surface area contributed by atoms with Crippen LogP contribution in [0, 0.1) is 24.6 Å². The van der Waals surface area contributed by atoms with E-state index in [0.29, 0.717) is 5.56 Å².